The van der Waals surface area contributed by atoms with Gasteiger partial charge < -0.3 is 20.3 Å². The van der Waals surface area contributed by atoms with Crippen LogP contribution in [-0.2, 0) is 14.8 Å². The Balaban J connectivity index is 1.76. The number of aliphatic hydroxyl groups excluding tert-OH is 1. The van der Waals surface area contributed by atoms with Gasteiger partial charge in [-0.15, -0.1) is 0 Å². The Labute approximate surface area is 152 Å². The molecule has 0 aromatic carbocycles. The van der Waals surface area contributed by atoms with Gasteiger partial charge in [0.05, 0.1) is 6.10 Å². The molecule has 0 spiro atoms. The maximum Gasteiger partial charge on any atom is 0.246 e. The lowest BCUT2D eigenvalue weighted by atomic mass is 9.97. The van der Waals surface area contributed by atoms with E-state index in [1.807, 2.05) is 0 Å². The van der Waals surface area contributed by atoms with E-state index in [1.165, 1.54) is 6.92 Å². The molecule has 2 aliphatic rings. The van der Waals surface area contributed by atoms with Crippen molar-refractivity contribution in [3.8, 4) is 0 Å². The lowest BCUT2D eigenvalue weighted by Gasteiger charge is -2.29. The summed E-state index contributed by atoms with van der Waals surface area (Å²) in [6.07, 6.45) is 1.91. The summed E-state index contributed by atoms with van der Waals surface area (Å²) >= 11 is 0. The Morgan fingerprint density at radius 3 is 2.58 bits per heavy atom. The second-order valence-electron chi connectivity index (χ2n) is 7.24. The van der Waals surface area contributed by atoms with Gasteiger partial charge in [0, 0.05) is 25.6 Å². The average molecular weight is 386 g/mol. The van der Waals surface area contributed by atoms with Crippen molar-refractivity contribution < 1.29 is 22.8 Å². The standard InChI is InChI=1S/C16H26N4O5S/c1-10-14(11(2)25-19-10)26(23,24)20-16(5-3-4-6-16)15(22)18-8-12-7-17-9-13(12)21/h12-13,17,20-21H,3-9H2,1-2H3,(H,18,22). The van der Waals surface area contributed by atoms with Crippen LogP contribution in [0.4, 0.5) is 0 Å². The maximum absolute atomic E-state index is 12.9. The lowest BCUT2D eigenvalue weighted by molar-refractivity contribution is -0.127. The number of rotatable bonds is 6. The molecule has 9 nitrogen and oxygen atoms in total. The minimum absolute atomic E-state index is 0.00742. The number of carbonyl (C=O) groups excluding carboxylic acids is 1. The van der Waals surface area contributed by atoms with Gasteiger partial charge in [-0.3, -0.25) is 4.79 Å². The first-order chi connectivity index (χ1) is 12.3. The number of hydrogen-bond donors (Lipinski definition) is 4. The highest BCUT2D eigenvalue weighted by molar-refractivity contribution is 7.89. The summed E-state index contributed by atoms with van der Waals surface area (Å²) in [6, 6.07) is 0. The summed E-state index contributed by atoms with van der Waals surface area (Å²) in [7, 11) is -3.94. The molecule has 26 heavy (non-hydrogen) atoms. The van der Waals surface area contributed by atoms with Gasteiger partial charge in [0.1, 0.15) is 16.1 Å². The first-order valence-corrected chi connectivity index (χ1v) is 10.4. The number of nitrogens with zero attached hydrogens (tertiary/aromatic N) is 1. The van der Waals surface area contributed by atoms with Crippen LogP contribution in [0.3, 0.4) is 0 Å². The Hall–Kier alpha value is -1.49. The zero-order valence-electron chi connectivity index (χ0n) is 15.0. The Morgan fingerprint density at radius 1 is 1.35 bits per heavy atom. The summed E-state index contributed by atoms with van der Waals surface area (Å²) in [5.41, 5.74) is -0.907. The van der Waals surface area contributed by atoms with E-state index in [0.29, 0.717) is 32.5 Å². The highest BCUT2D eigenvalue weighted by atomic mass is 32.2. The number of hydrogen-bond acceptors (Lipinski definition) is 7. The van der Waals surface area contributed by atoms with Gasteiger partial charge >= 0.3 is 0 Å². The first kappa shape index (κ1) is 19.3. The first-order valence-electron chi connectivity index (χ1n) is 8.89. The summed E-state index contributed by atoms with van der Waals surface area (Å²) in [5.74, 6) is -0.218. The minimum Gasteiger partial charge on any atom is -0.391 e. The molecule has 2 fully saturated rings. The molecule has 1 saturated carbocycles. The molecule has 4 N–H and O–H groups in total. The number of carbonyl (C=O) groups is 1. The highest BCUT2D eigenvalue weighted by Crippen LogP contribution is 2.32. The number of amides is 1. The van der Waals surface area contributed by atoms with Crippen molar-refractivity contribution in [2.24, 2.45) is 5.92 Å². The molecule has 0 bridgehead atoms. The molecule has 146 valence electrons. The van der Waals surface area contributed by atoms with Crippen molar-refractivity contribution in [3.63, 3.8) is 0 Å². The van der Waals surface area contributed by atoms with Crippen molar-refractivity contribution in [2.75, 3.05) is 19.6 Å². The number of nitrogens with one attached hydrogen (secondary N) is 3. The number of β-amino-alcohol motifs (C(OH)–C–C–N with tert-alkyl or cyclic N) is 1. The molecule has 1 aromatic rings. The van der Waals surface area contributed by atoms with Crippen molar-refractivity contribution in [1.82, 2.24) is 20.5 Å². The number of aliphatic hydroxyl groups is 1. The second-order valence-corrected chi connectivity index (χ2v) is 8.86. The van der Waals surface area contributed by atoms with E-state index in [1.54, 1.807) is 6.92 Å². The fourth-order valence-electron chi connectivity index (χ4n) is 3.84. The molecule has 1 amide bonds. The predicted octanol–water partition coefficient (Wildman–Crippen LogP) is -0.421. The smallest absolute Gasteiger partial charge is 0.246 e. The van der Waals surface area contributed by atoms with E-state index >= 15 is 0 Å². The van der Waals surface area contributed by atoms with Crippen molar-refractivity contribution in [2.45, 2.75) is 56.1 Å². The largest absolute Gasteiger partial charge is 0.391 e. The molecule has 2 atom stereocenters. The zero-order chi connectivity index (χ0) is 18.9. The molecule has 1 saturated heterocycles. The number of aromatic nitrogens is 1. The third kappa shape index (κ3) is 3.64. The molecule has 1 aliphatic heterocycles. The molecule has 0 radical (unpaired) electrons. The SMILES string of the molecule is Cc1noc(C)c1S(=O)(=O)NC1(C(=O)NCC2CNCC2O)CCCC1. The van der Waals surface area contributed by atoms with Gasteiger partial charge in [-0.2, -0.15) is 4.72 Å². The third-order valence-electron chi connectivity index (χ3n) is 5.29. The van der Waals surface area contributed by atoms with Gasteiger partial charge in [-0.25, -0.2) is 8.42 Å². The zero-order valence-corrected chi connectivity index (χ0v) is 15.9. The van der Waals surface area contributed by atoms with E-state index in [-0.39, 0.29) is 28.2 Å². The van der Waals surface area contributed by atoms with E-state index in [0.717, 1.165) is 12.8 Å². The van der Waals surface area contributed by atoms with Crippen LogP contribution in [0.25, 0.3) is 0 Å². The highest BCUT2D eigenvalue weighted by Gasteiger charge is 2.45. The van der Waals surface area contributed by atoms with E-state index in [9.17, 15) is 18.3 Å². The fourth-order valence-corrected chi connectivity index (χ4v) is 5.60. The normalized spacial score (nSPS) is 25.5. The van der Waals surface area contributed by atoms with Crippen LogP contribution < -0.4 is 15.4 Å². The molecule has 2 unspecified atom stereocenters. The second kappa shape index (κ2) is 7.26. The van der Waals surface area contributed by atoms with Gasteiger partial charge in [-0.1, -0.05) is 18.0 Å². The average Bonchev–Trinajstić information content (AvgIpc) is 3.27. The van der Waals surface area contributed by atoms with Crippen LogP contribution in [0.5, 0.6) is 0 Å². The summed E-state index contributed by atoms with van der Waals surface area (Å²) in [6.45, 7) is 4.52. The van der Waals surface area contributed by atoms with Gasteiger partial charge in [-0.05, 0) is 26.7 Å². The van der Waals surface area contributed by atoms with Gasteiger partial charge in [0.25, 0.3) is 0 Å². The molecule has 10 heteroatoms. The van der Waals surface area contributed by atoms with Crippen LogP contribution >= 0.6 is 0 Å². The maximum atomic E-state index is 12.9. The van der Waals surface area contributed by atoms with E-state index < -0.39 is 21.7 Å². The lowest BCUT2D eigenvalue weighted by Crippen LogP contribution is -2.57. The predicted molar refractivity (Wildman–Crippen MR) is 92.9 cm³/mol. The summed E-state index contributed by atoms with van der Waals surface area (Å²) < 4.78 is 33.3. The van der Waals surface area contributed by atoms with Crippen molar-refractivity contribution >= 4 is 15.9 Å². The molecular weight excluding hydrogens is 360 g/mol. The number of sulfonamides is 1. The summed E-state index contributed by atoms with van der Waals surface area (Å²) in [5, 5.41) is 19.4. The monoisotopic (exact) mass is 386 g/mol. The molecule has 1 aliphatic carbocycles. The topological polar surface area (TPSA) is 134 Å². The van der Waals surface area contributed by atoms with E-state index in [4.69, 9.17) is 4.52 Å². The summed E-state index contributed by atoms with van der Waals surface area (Å²) in [4.78, 5) is 12.9. The van der Waals surface area contributed by atoms with Gasteiger partial charge in [0.15, 0.2) is 5.76 Å². The molecular formula is C16H26N4O5S. The Kier molecular flexibility index (Phi) is 5.38. The van der Waals surface area contributed by atoms with Crippen LogP contribution in [-0.4, -0.2) is 55.9 Å². The van der Waals surface area contributed by atoms with Crippen molar-refractivity contribution in [1.29, 1.82) is 0 Å². The van der Waals surface area contributed by atoms with Crippen LogP contribution in [0, 0.1) is 19.8 Å². The van der Waals surface area contributed by atoms with Gasteiger partial charge in [0.2, 0.25) is 15.9 Å². The fraction of sp³-hybridized carbons (Fsp3) is 0.750. The quantitative estimate of drug-likeness (QED) is 0.522. The van der Waals surface area contributed by atoms with Crippen molar-refractivity contribution in [3.05, 3.63) is 11.5 Å². The molecule has 1 aromatic heterocycles. The number of aryl methyl sites for hydroxylation is 2. The van der Waals surface area contributed by atoms with Crippen LogP contribution in [0.1, 0.15) is 37.1 Å². The molecule has 3 rings (SSSR count). The van der Waals surface area contributed by atoms with Crippen LogP contribution in [0.2, 0.25) is 0 Å². The third-order valence-corrected chi connectivity index (χ3v) is 7.07. The molecule has 2 heterocycles. The Morgan fingerprint density at radius 2 is 2.04 bits per heavy atom. The van der Waals surface area contributed by atoms with Crippen LogP contribution in [0.15, 0.2) is 9.42 Å². The Bertz CT molecular complexity index is 750. The minimum atomic E-state index is -3.94. The van der Waals surface area contributed by atoms with E-state index in [2.05, 4.69) is 20.5 Å².